The van der Waals surface area contributed by atoms with Crippen LogP contribution in [0, 0.1) is 5.82 Å². The number of halogens is 1. The van der Waals surface area contributed by atoms with Gasteiger partial charge in [0.2, 0.25) is 5.91 Å². The van der Waals surface area contributed by atoms with E-state index in [1.54, 1.807) is 24.3 Å². The second kappa shape index (κ2) is 4.90. The molecule has 21 heavy (non-hydrogen) atoms. The molecule has 1 atom stereocenters. The topological polar surface area (TPSA) is 84.2 Å². The van der Waals surface area contributed by atoms with Gasteiger partial charge in [-0.25, -0.2) is 4.39 Å². The predicted octanol–water partition coefficient (Wildman–Crippen LogP) is 2.03. The van der Waals surface area contributed by atoms with Crippen LogP contribution in [0.1, 0.15) is 22.0 Å². The first-order chi connectivity index (χ1) is 10.0. The summed E-state index contributed by atoms with van der Waals surface area (Å²) in [6.45, 7) is 0. The second-order valence-electron chi connectivity index (χ2n) is 4.74. The van der Waals surface area contributed by atoms with E-state index < -0.39 is 17.8 Å². The Bertz CT molecular complexity index is 728. The number of carbonyl (C=O) groups excluding carboxylic acids is 2. The molecule has 2 aromatic carbocycles. The van der Waals surface area contributed by atoms with Gasteiger partial charge in [0.15, 0.2) is 0 Å². The molecule has 0 bridgehead atoms. The monoisotopic (exact) mass is 285 g/mol. The molecule has 0 saturated heterocycles. The number of primary amides is 1. The third kappa shape index (κ3) is 2.43. The van der Waals surface area contributed by atoms with E-state index in [4.69, 9.17) is 5.73 Å². The minimum absolute atomic E-state index is 0.255. The Labute approximate surface area is 120 Å². The highest BCUT2D eigenvalue weighted by Crippen LogP contribution is 2.33. The minimum atomic E-state index is -0.671. The van der Waals surface area contributed by atoms with Gasteiger partial charge in [-0.05, 0) is 42.5 Å². The number of hydrogen-bond acceptors (Lipinski definition) is 3. The van der Waals surface area contributed by atoms with Crippen molar-refractivity contribution in [2.24, 2.45) is 5.73 Å². The van der Waals surface area contributed by atoms with E-state index in [1.165, 1.54) is 18.2 Å². The Hall–Kier alpha value is -2.89. The summed E-state index contributed by atoms with van der Waals surface area (Å²) in [6, 6.07) is 9.88. The van der Waals surface area contributed by atoms with Gasteiger partial charge in [-0.2, -0.15) is 0 Å². The Kier molecular flexibility index (Phi) is 3.06. The van der Waals surface area contributed by atoms with E-state index in [-0.39, 0.29) is 5.91 Å². The zero-order chi connectivity index (χ0) is 15.0. The Balaban J connectivity index is 1.87. The minimum Gasteiger partial charge on any atom is -0.370 e. The normalized spacial score (nSPS) is 16.2. The van der Waals surface area contributed by atoms with Crippen molar-refractivity contribution in [2.75, 3.05) is 10.6 Å². The molecule has 4 N–H and O–H groups in total. The molecule has 1 aliphatic heterocycles. The summed E-state index contributed by atoms with van der Waals surface area (Å²) in [4.78, 5) is 23.0. The molecular formula is C15H12FN3O2. The van der Waals surface area contributed by atoms with Crippen molar-refractivity contribution in [3.05, 3.63) is 59.4 Å². The first kappa shape index (κ1) is 13.1. The summed E-state index contributed by atoms with van der Waals surface area (Å²) in [7, 11) is 0. The summed E-state index contributed by atoms with van der Waals surface area (Å²) < 4.78 is 13.3. The van der Waals surface area contributed by atoms with Gasteiger partial charge in [0, 0.05) is 22.5 Å². The van der Waals surface area contributed by atoms with E-state index >= 15 is 0 Å². The highest BCUT2D eigenvalue weighted by molar-refractivity contribution is 6.04. The van der Waals surface area contributed by atoms with Crippen molar-refractivity contribution in [1.82, 2.24) is 0 Å². The number of anilines is 2. The van der Waals surface area contributed by atoms with Crippen LogP contribution in [-0.2, 0) is 4.79 Å². The number of amides is 2. The Morgan fingerprint density at radius 1 is 1.19 bits per heavy atom. The molecule has 3 rings (SSSR count). The highest BCUT2D eigenvalue weighted by Gasteiger charge is 2.30. The van der Waals surface area contributed by atoms with Crippen molar-refractivity contribution < 1.29 is 14.0 Å². The molecule has 2 amide bonds. The average Bonchev–Trinajstić information content (AvgIpc) is 2.76. The number of benzene rings is 2. The molecule has 1 aliphatic rings. The largest absolute Gasteiger partial charge is 0.370 e. The van der Waals surface area contributed by atoms with Crippen molar-refractivity contribution in [3.8, 4) is 0 Å². The summed E-state index contributed by atoms with van der Waals surface area (Å²) in [6.07, 6.45) is 0. The molecule has 0 aliphatic carbocycles. The summed E-state index contributed by atoms with van der Waals surface area (Å²) in [5, 5.41) is 5.69. The molecule has 106 valence electrons. The zero-order valence-electron chi connectivity index (χ0n) is 10.9. The van der Waals surface area contributed by atoms with Crippen molar-refractivity contribution in [1.29, 1.82) is 0 Å². The van der Waals surface area contributed by atoms with Gasteiger partial charge in [-0.1, -0.05) is 0 Å². The van der Waals surface area contributed by atoms with Crippen LogP contribution in [0.5, 0.6) is 0 Å². The van der Waals surface area contributed by atoms with Crippen LogP contribution in [0.3, 0.4) is 0 Å². The molecule has 5 nitrogen and oxygen atoms in total. The maximum absolute atomic E-state index is 13.3. The van der Waals surface area contributed by atoms with Crippen LogP contribution in [-0.4, -0.2) is 11.8 Å². The molecule has 6 heteroatoms. The molecular weight excluding hydrogens is 273 g/mol. The second-order valence-corrected chi connectivity index (χ2v) is 4.74. The zero-order valence-corrected chi connectivity index (χ0v) is 10.9. The quantitative estimate of drug-likeness (QED) is 0.806. The lowest BCUT2D eigenvalue weighted by atomic mass is 10.1. The van der Waals surface area contributed by atoms with Gasteiger partial charge < -0.3 is 16.4 Å². The van der Waals surface area contributed by atoms with Crippen LogP contribution < -0.4 is 16.4 Å². The Morgan fingerprint density at radius 2 is 1.90 bits per heavy atom. The van der Waals surface area contributed by atoms with Crippen LogP contribution in [0.15, 0.2) is 42.5 Å². The van der Waals surface area contributed by atoms with Crippen LogP contribution in [0.4, 0.5) is 15.8 Å². The number of rotatable bonds is 3. The predicted molar refractivity (Wildman–Crippen MR) is 76.4 cm³/mol. The maximum Gasteiger partial charge on any atom is 0.251 e. The molecule has 0 aromatic heterocycles. The van der Waals surface area contributed by atoms with Gasteiger partial charge in [-0.3, -0.25) is 9.59 Å². The molecule has 1 heterocycles. The van der Waals surface area contributed by atoms with Crippen molar-refractivity contribution in [3.63, 3.8) is 0 Å². The third-order valence-corrected chi connectivity index (χ3v) is 3.33. The fourth-order valence-electron chi connectivity index (χ4n) is 2.27. The summed E-state index contributed by atoms with van der Waals surface area (Å²) in [5.41, 5.74) is 7.32. The lowest BCUT2D eigenvalue weighted by molar-refractivity contribution is -0.116. The van der Waals surface area contributed by atoms with E-state index in [0.717, 1.165) is 0 Å². The van der Waals surface area contributed by atoms with Gasteiger partial charge in [-0.15, -0.1) is 0 Å². The van der Waals surface area contributed by atoms with Crippen LogP contribution in [0.25, 0.3) is 0 Å². The number of carbonyl (C=O) groups is 2. The molecule has 0 fully saturated rings. The van der Waals surface area contributed by atoms with Gasteiger partial charge in [0.05, 0.1) is 0 Å². The average molecular weight is 285 g/mol. The van der Waals surface area contributed by atoms with Gasteiger partial charge in [0.25, 0.3) is 5.91 Å². The van der Waals surface area contributed by atoms with Gasteiger partial charge in [0.1, 0.15) is 11.9 Å². The van der Waals surface area contributed by atoms with Crippen LogP contribution in [0.2, 0.25) is 0 Å². The van der Waals surface area contributed by atoms with E-state index in [2.05, 4.69) is 10.6 Å². The summed E-state index contributed by atoms with van der Waals surface area (Å²) in [5.74, 6) is -1.18. The van der Waals surface area contributed by atoms with E-state index in [0.29, 0.717) is 22.5 Å². The number of hydrogen-bond donors (Lipinski definition) is 3. The molecule has 0 saturated carbocycles. The number of nitrogens with one attached hydrogen (secondary N) is 2. The van der Waals surface area contributed by atoms with E-state index in [1.807, 2.05) is 0 Å². The Morgan fingerprint density at radius 3 is 2.57 bits per heavy atom. The standard InChI is InChI=1S/C15H12FN3O2/c16-9-3-6-12-11(7-9)13(15(21)19-12)18-10-4-1-8(2-5-10)14(17)20/h1-7,13,18H,(H2,17,20)(H,19,21). The number of nitrogens with two attached hydrogens (primary N) is 1. The van der Waals surface area contributed by atoms with Crippen molar-refractivity contribution >= 4 is 23.2 Å². The maximum atomic E-state index is 13.3. The summed E-state index contributed by atoms with van der Waals surface area (Å²) >= 11 is 0. The molecule has 2 aromatic rings. The lowest BCUT2D eigenvalue weighted by Gasteiger charge is -2.13. The fourth-order valence-corrected chi connectivity index (χ4v) is 2.27. The highest BCUT2D eigenvalue weighted by atomic mass is 19.1. The van der Waals surface area contributed by atoms with Crippen molar-refractivity contribution in [2.45, 2.75) is 6.04 Å². The third-order valence-electron chi connectivity index (χ3n) is 3.33. The van der Waals surface area contributed by atoms with Gasteiger partial charge >= 0.3 is 0 Å². The fraction of sp³-hybridized carbons (Fsp3) is 0.0667. The first-order valence-corrected chi connectivity index (χ1v) is 6.31. The SMILES string of the molecule is NC(=O)c1ccc(NC2C(=O)Nc3ccc(F)cc32)cc1. The lowest BCUT2D eigenvalue weighted by Crippen LogP contribution is -2.19. The molecule has 0 spiro atoms. The number of fused-ring (bicyclic) bond motifs is 1. The van der Waals surface area contributed by atoms with Crippen LogP contribution >= 0.6 is 0 Å². The smallest absolute Gasteiger partial charge is 0.251 e. The molecule has 1 unspecified atom stereocenters. The molecule has 0 radical (unpaired) electrons. The first-order valence-electron chi connectivity index (χ1n) is 6.31. The van der Waals surface area contributed by atoms with E-state index in [9.17, 15) is 14.0 Å².